The van der Waals surface area contributed by atoms with Crippen LogP contribution in [0.15, 0.2) is 30.3 Å². The van der Waals surface area contributed by atoms with Crippen LogP contribution in [0.3, 0.4) is 0 Å². The van der Waals surface area contributed by atoms with E-state index in [1.165, 1.54) is 4.68 Å². The normalized spacial score (nSPS) is 10.7. The van der Waals surface area contributed by atoms with Crippen LogP contribution in [0, 0.1) is 34.6 Å². The summed E-state index contributed by atoms with van der Waals surface area (Å²) in [6, 6.07) is 8.81. The first-order valence-electron chi connectivity index (χ1n) is 9.16. The Kier molecular flexibility index (Phi) is 5.72. The standard InChI is InChI=1S/C21H23N5O3/c1-12-6-7-17(8-13(12)2)20(28)29-11-19(27)24-18-10-16(5)25-26(18)21-22-14(3)9-15(4)23-21/h6-10H,11H2,1-5H3,(H,24,27). The van der Waals surface area contributed by atoms with Gasteiger partial charge in [0.2, 0.25) is 0 Å². The van der Waals surface area contributed by atoms with E-state index in [0.717, 1.165) is 22.5 Å². The molecule has 0 aliphatic rings. The van der Waals surface area contributed by atoms with Gasteiger partial charge in [0.15, 0.2) is 6.61 Å². The molecule has 1 N–H and O–H groups in total. The Morgan fingerprint density at radius 2 is 1.62 bits per heavy atom. The number of nitrogens with one attached hydrogen (secondary N) is 1. The van der Waals surface area contributed by atoms with E-state index in [4.69, 9.17) is 4.74 Å². The van der Waals surface area contributed by atoms with E-state index in [1.807, 2.05) is 39.8 Å². The van der Waals surface area contributed by atoms with E-state index in [0.29, 0.717) is 23.0 Å². The lowest BCUT2D eigenvalue weighted by molar-refractivity contribution is -0.119. The zero-order valence-corrected chi connectivity index (χ0v) is 17.1. The van der Waals surface area contributed by atoms with E-state index in [1.54, 1.807) is 25.1 Å². The second kappa shape index (κ2) is 8.22. The van der Waals surface area contributed by atoms with Gasteiger partial charge in [-0.25, -0.2) is 14.8 Å². The third kappa shape index (κ3) is 4.84. The van der Waals surface area contributed by atoms with Crippen LogP contribution in [0.25, 0.3) is 5.95 Å². The van der Waals surface area contributed by atoms with E-state index >= 15 is 0 Å². The molecule has 0 bridgehead atoms. The molecule has 29 heavy (non-hydrogen) atoms. The van der Waals surface area contributed by atoms with Gasteiger partial charge in [-0.1, -0.05) is 6.07 Å². The molecule has 0 unspecified atom stereocenters. The lowest BCUT2D eigenvalue weighted by atomic mass is 10.1. The van der Waals surface area contributed by atoms with E-state index in [2.05, 4.69) is 20.4 Å². The predicted molar refractivity (Wildman–Crippen MR) is 108 cm³/mol. The van der Waals surface area contributed by atoms with Gasteiger partial charge < -0.3 is 10.1 Å². The molecule has 0 saturated heterocycles. The molecular weight excluding hydrogens is 370 g/mol. The summed E-state index contributed by atoms with van der Waals surface area (Å²) in [5, 5.41) is 7.05. The summed E-state index contributed by atoms with van der Waals surface area (Å²) in [7, 11) is 0. The summed E-state index contributed by atoms with van der Waals surface area (Å²) < 4.78 is 6.59. The molecule has 3 aromatic rings. The number of hydrogen-bond acceptors (Lipinski definition) is 6. The third-order valence-electron chi connectivity index (χ3n) is 4.34. The summed E-state index contributed by atoms with van der Waals surface area (Å²) >= 11 is 0. The number of carbonyl (C=O) groups excluding carboxylic acids is 2. The van der Waals surface area contributed by atoms with Gasteiger partial charge in [-0.3, -0.25) is 4.79 Å². The molecule has 1 amide bonds. The monoisotopic (exact) mass is 393 g/mol. The maximum Gasteiger partial charge on any atom is 0.338 e. The number of aryl methyl sites for hydroxylation is 5. The highest BCUT2D eigenvalue weighted by Crippen LogP contribution is 2.15. The summed E-state index contributed by atoms with van der Waals surface area (Å²) in [6.07, 6.45) is 0. The Labute approximate surface area is 168 Å². The first-order chi connectivity index (χ1) is 13.7. The zero-order chi connectivity index (χ0) is 21.1. The first-order valence-corrected chi connectivity index (χ1v) is 9.16. The second-order valence-corrected chi connectivity index (χ2v) is 6.96. The molecule has 0 spiro atoms. The summed E-state index contributed by atoms with van der Waals surface area (Å²) in [5.74, 6) is -0.268. The summed E-state index contributed by atoms with van der Waals surface area (Å²) in [5.41, 5.74) is 4.74. The Bertz CT molecular complexity index is 1070. The lowest BCUT2D eigenvalue weighted by Crippen LogP contribution is -2.23. The molecule has 0 atom stereocenters. The van der Waals surface area contributed by atoms with Gasteiger partial charge >= 0.3 is 5.97 Å². The van der Waals surface area contributed by atoms with Crippen molar-refractivity contribution in [3.05, 3.63) is 64.1 Å². The number of hydrogen-bond donors (Lipinski definition) is 1. The molecule has 0 saturated carbocycles. The maximum atomic E-state index is 12.3. The number of ether oxygens (including phenoxy) is 1. The highest BCUT2D eigenvalue weighted by Gasteiger charge is 2.16. The Morgan fingerprint density at radius 3 is 2.28 bits per heavy atom. The van der Waals surface area contributed by atoms with Crippen molar-refractivity contribution in [3.63, 3.8) is 0 Å². The number of esters is 1. The van der Waals surface area contributed by atoms with Gasteiger partial charge in [0.05, 0.1) is 11.3 Å². The van der Waals surface area contributed by atoms with Crippen LogP contribution in [0.5, 0.6) is 0 Å². The highest BCUT2D eigenvalue weighted by atomic mass is 16.5. The Morgan fingerprint density at radius 1 is 0.931 bits per heavy atom. The molecular formula is C21H23N5O3. The minimum Gasteiger partial charge on any atom is -0.452 e. The van der Waals surface area contributed by atoms with Gasteiger partial charge in [0.25, 0.3) is 11.9 Å². The van der Waals surface area contributed by atoms with Gasteiger partial charge in [-0.2, -0.15) is 9.78 Å². The van der Waals surface area contributed by atoms with Gasteiger partial charge in [-0.05, 0) is 63.9 Å². The van der Waals surface area contributed by atoms with Crippen LogP contribution in [0.4, 0.5) is 5.82 Å². The van der Waals surface area contributed by atoms with Crippen molar-refractivity contribution in [2.45, 2.75) is 34.6 Å². The predicted octanol–water partition coefficient (Wildman–Crippen LogP) is 3.00. The number of benzene rings is 1. The molecule has 8 nitrogen and oxygen atoms in total. The fourth-order valence-corrected chi connectivity index (χ4v) is 2.80. The molecule has 8 heteroatoms. The topological polar surface area (TPSA) is 99.0 Å². The van der Waals surface area contributed by atoms with Crippen LogP contribution in [0.1, 0.15) is 38.6 Å². The number of carbonyl (C=O) groups is 2. The third-order valence-corrected chi connectivity index (χ3v) is 4.34. The molecule has 0 aliphatic heterocycles. The smallest absolute Gasteiger partial charge is 0.338 e. The molecule has 1 aromatic carbocycles. The van der Waals surface area contributed by atoms with Crippen molar-refractivity contribution in [1.29, 1.82) is 0 Å². The average Bonchev–Trinajstić information content (AvgIpc) is 3.01. The number of nitrogens with zero attached hydrogens (tertiary/aromatic N) is 4. The van der Waals surface area contributed by atoms with Crippen LogP contribution >= 0.6 is 0 Å². The van der Waals surface area contributed by atoms with Gasteiger partial charge in [0.1, 0.15) is 5.82 Å². The van der Waals surface area contributed by atoms with E-state index in [9.17, 15) is 9.59 Å². The lowest BCUT2D eigenvalue weighted by Gasteiger charge is -2.09. The maximum absolute atomic E-state index is 12.3. The van der Waals surface area contributed by atoms with Gasteiger partial charge in [0, 0.05) is 17.5 Å². The van der Waals surface area contributed by atoms with Crippen molar-refractivity contribution in [2.24, 2.45) is 0 Å². The fraction of sp³-hybridized carbons (Fsp3) is 0.286. The zero-order valence-electron chi connectivity index (χ0n) is 17.1. The van der Waals surface area contributed by atoms with Crippen molar-refractivity contribution in [2.75, 3.05) is 11.9 Å². The number of amides is 1. The van der Waals surface area contributed by atoms with Crippen LogP contribution in [0.2, 0.25) is 0 Å². The molecule has 3 rings (SSSR count). The number of aromatic nitrogens is 4. The minimum absolute atomic E-state index is 0.359. The van der Waals surface area contributed by atoms with E-state index < -0.39 is 18.5 Å². The SMILES string of the molecule is Cc1cc(C)nc(-n2nc(C)cc2NC(=O)COC(=O)c2ccc(C)c(C)c2)n1. The van der Waals surface area contributed by atoms with Crippen molar-refractivity contribution in [3.8, 4) is 5.95 Å². The van der Waals surface area contributed by atoms with Crippen molar-refractivity contribution < 1.29 is 14.3 Å². The number of anilines is 1. The molecule has 0 fully saturated rings. The van der Waals surface area contributed by atoms with Crippen molar-refractivity contribution >= 4 is 17.7 Å². The fourth-order valence-electron chi connectivity index (χ4n) is 2.80. The van der Waals surface area contributed by atoms with Gasteiger partial charge in [-0.15, -0.1) is 0 Å². The Hall–Kier alpha value is -3.55. The highest BCUT2D eigenvalue weighted by molar-refractivity contribution is 5.95. The second-order valence-electron chi connectivity index (χ2n) is 6.96. The van der Waals surface area contributed by atoms with Crippen LogP contribution in [-0.2, 0) is 9.53 Å². The largest absolute Gasteiger partial charge is 0.452 e. The molecule has 150 valence electrons. The molecule has 2 heterocycles. The van der Waals surface area contributed by atoms with Crippen molar-refractivity contribution in [1.82, 2.24) is 19.7 Å². The minimum atomic E-state index is -0.550. The Balaban J connectivity index is 1.69. The van der Waals surface area contributed by atoms with Crippen LogP contribution < -0.4 is 5.32 Å². The van der Waals surface area contributed by atoms with E-state index in [-0.39, 0.29) is 0 Å². The van der Waals surface area contributed by atoms with Crippen LogP contribution in [-0.4, -0.2) is 38.2 Å². The molecule has 0 radical (unpaired) electrons. The number of rotatable bonds is 5. The first kappa shape index (κ1) is 20.2. The summed E-state index contributed by atoms with van der Waals surface area (Å²) in [6.45, 7) is 8.98. The average molecular weight is 393 g/mol. The quantitative estimate of drug-likeness (QED) is 0.669. The molecule has 0 aliphatic carbocycles. The molecule has 2 aromatic heterocycles. The summed E-state index contributed by atoms with van der Waals surface area (Å²) in [4.78, 5) is 33.3.